The van der Waals surface area contributed by atoms with E-state index in [4.69, 9.17) is 11.6 Å². The van der Waals surface area contributed by atoms with E-state index in [9.17, 15) is 4.79 Å². The summed E-state index contributed by atoms with van der Waals surface area (Å²) in [5, 5.41) is 6.82. The number of carbonyl (C=O) groups is 1. The summed E-state index contributed by atoms with van der Waals surface area (Å²) in [5.41, 5.74) is 0.940. The van der Waals surface area contributed by atoms with Gasteiger partial charge < -0.3 is 9.84 Å². The second-order valence-corrected chi connectivity index (χ2v) is 3.64. The van der Waals surface area contributed by atoms with Crippen molar-refractivity contribution in [3.8, 4) is 0 Å². The van der Waals surface area contributed by atoms with Crippen LogP contribution in [0.1, 0.15) is 21.9 Å². The van der Waals surface area contributed by atoms with Crippen LogP contribution in [-0.4, -0.2) is 21.4 Å². The van der Waals surface area contributed by atoms with Crippen LogP contribution >= 0.6 is 11.6 Å². The van der Waals surface area contributed by atoms with Gasteiger partial charge >= 0.3 is 0 Å². The third-order valence-electron chi connectivity index (χ3n) is 2.06. The number of halogens is 1. The molecule has 0 atom stereocenters. The van der Waals surface area contributed by atoms with Gasteiger partial charge in [0, 0.05) is 6.07 Å². The number of nitrogens with zero attached hydrogens (tertiary/aromatic N) is 3. The molecular formula is C10H9ClN4O2. The Balaban J connectivity index is 2.22. The third-order valence-corrected chi connectivity index (χ3v) is 2.35. The van der Waals surface area contributed by atoms with Crippen molar-refractivity contribution in [3.05, 3.63) is 34.6 Å². The Labute approximate surface area is 102 Å². The van der Waals surface area contributed by atoms with E-state index >= 15 is 0 Å². The van der Waals surface area contributed by atoms with E-state index in [2.05, 4.69) is 25.0 Å². The predicted octanol–water partition coefficient (Wildman–Crippen LogP) is 1.85. The molecule has 0 amide bonds. The Hall–Kier alpha value is -1.95. The number of hydrogen-bond acceptors (Lipinski definition) is 6. The van der Waals surface area contributed by atoms with E-state index in [1.807, 2.05) is 0 Å². The molecule has 0 bridgehead atoms. The molecule has 6 nitrogen and oxygen atoms in total. The molecule has 2 rings (SSSR count). The zero-order chi connectivity index (χ0) is 12.3. The van der Waals surface area contributed by atoms with Crippen molar-refractivity contribution in [2.75, 3.05) is 5.32 Å². The summed E-state index contributed by atoms with van der Waals surface area (Å²) in [4.78, 5) is 18.9. The maximum absolute atomic E-state index is 10.9. The number of carbonyl (C=O) groups excluding carboxylic acids is 1. The Morgan fingerprint density at radius 3 is 3.00 bits per heavy atom. The van der Waals surface area contributed by atoms with Crippen LogP contribution < -0.4 is 5.32 Å². The molecule has 0 saturated carbocycles. The summed E-state index contributed by atoms with van der Waals surface area (Å²) in [7, 11) is 0. The fraction of sp³-hybridized carbons (Fsp3) is 0.200. The zero-order valence-corrected chi connectivity index (χ0v) is 9.73. The first-order chi connectivity index (χ1) is 8.20. The number of aldehydes is 1. The van der Waals surface area contributed by atoms with Crippen LogP contribution in [0.4, 0.5) is 5.82 Å². The summed E-state index contributed by atoms with van der Waals surface area (Å²) in [5.74, 6) is 0.878. The molecule has 1 N–H and O–H groups in total. The Morgan fingerprint density at radius 1 is 1.53 bits per heavy atom. The highest BCUT2D eigenvalue weighted by Gasteiger charge is 2.11. The lowest BCUT2D eigenvalue weighted by Crippen LogP contribution is -2.07. The van der Waals surface area contributed by atoms with E-state index in [0.717, 1.165) is 0 Å². The smallest absolute Gasteiger partial charge is 0.156 e. The molecule has 2 aromatic rings. The van der Waals surface area contributed by atoms with Crippen molar-refractivity contribution in [1.29, 1.82) is 0 Å². The maximum Gasteiger partial charge on any atom is 0.156 e. The lowest BCUT2D eigenvalue weighted by Gasteiger charge is -2.07. The highest BCUT2D eigenvalue weighted by molar-refractivity contribution is 6.32. The minimum atomic E-state index is 0.134. The Bertz CT molecular complexity index is 527. The number of aryl methyl sites for hydroxylation is 1. The van der Waals surface area contributed by atoms with Crippen molar-refractivity contribution < 1.29 is 9.32 Å². The van der Waals surface area contributed by atoms with Gasteiger partial charge in [-0.15, -0.1) is 0 Å². The van der Waals surface area contributed by atoms with Crippen molar-refractivity contribution in [1.82, 2.24) is 15.1 Å². The molecule has 2 heterocycles. The number of anilines is 1. The minimum Gasteiger partial charge on any atom is -0.364 e. The maximum atomic E-state index is 10.9. The van der Waals surface area contributed by atoms with Crippen LogP contribution in [0.2, 0.25) is 5.15 Å². The highest BCUT2D eigenvalue weighted by Crippen LogP contribution is 2.19. The van der Waals surface area contributed by atoms with Gasteiger partial charge in [-0.25, -0.2) is 9.97 Å². The topological polar surface area (TPSA) is 80.9 Å². The molecular weight excluding hydrogens is 244 g/mol. The van der Waals surface area contributed by atoms with Gasteiger partial charge in [-0.1, -0.05) is 16.8 Å². The molecule has 0 aliphatic rings. The first-order valence-corrected chi connectivity index (χ1v) is 5.21. The Kier molecular flexibility index (Phi) is 3.34. The molecule has 0 aromatic carbocycles. The number of hydrogen-bond donors (Lipinski definition) is 1. The average Bonchev–Trinajstić information content (AvgIpc) is 2.78. The predicted molar refractivity (Wildman–Crippen MR) is 61.0 cm³/mol. The van der Waals surface area contributed by atoms with Gasteiger partial charge in [-0.05, 0) is 6.92 Å². The van der Waals surface area contributed by atoms with Gasteiger partial charge in [0.05, 0.1) is 12.1 Å². The lowest BCUT2D eigenvalue weighted by atomic mass is 10.3. The first-order valence-electron chi connectivity index (χ1n) is 4.83. The zero-order valence-electron chi connectivity index (χ0n) is 8.98. The van der Waals surface area contributed by atoms with Gasteiger partial charge in [0.2, 0.25) is 0 Å². The molecule has 7 heteroatoms. The van der Waals surface area contributed by atoms with Crippen LogP contribution in [0, 0.1) is 6.92 Å². The lowest BCUT2D eigenvalue weighted by molar-refractivity contribution is 0.112. The van der Waals surface area contributed by atoms with Gasteiger partial charge in [0.25, 0.3) is 0 Å². The van der Waals surface area contributed by atoms with Gasteiger partial charge in [-0.2, -0.15) is 0 Å². The van der Waals surface area contributed by atoms with Gasteiger partial charge in [0.1, 0.15) is 28.8 Å². The van der Waals surface area contributed by atoms with E-state index in [1.165, 1.54) is 6.26 Å². The molecule has 0 radical (unpaired) electrons. The van der Waals surface area contributed by atoms with Crippen LogP contribution in [0.5, 0.6) is 0 Å². The fourth-order valence-corrected chi connectivity index (χ4v) is 1.55. The molecule has 0 aliphatic heterocycles. The first kappa shape index (κ1) is 11.5. The average molecular weight is 253 g/mol. The number of aromatic nitrogens is 3. The largest absolute Gasteiger partial charge is 0.364 e. The Morgan fingerprint density at radius 2 is 2.35 bits per heavy atom. The van der Waals surface area contributed by atoms with E-state index < -0.39 is 0 Å². The molecule has 17 heavy (non-hydrogen) atoms. The van der Waals surface area contributed by atoms with Gasteiger partial charge in [0.15, 0.2) is 6.29 Å². The summed E-state index contributed by atoms with van der Waals surface area (Å²) in [6.45, 7) is 2.09. The normalized spacial score (nSPS) is 10.2. The van der Waals surface area contributed by atoms with Crippen LogP contribution in [0.3, 0.4) is 0 Å². The summed E-state index contributed by atoms with van der Waals surface area (Å²) >= 11 is 5.84. The fourth-order valence-electron chi connectivity index (χ4n) is 1.29. The molecule has 0 saturated heterocycles. The molecule has 0 fully saturated rings. The SMILES string of the molecule is Cc1nc(Cl)c(C=O)c(NCc2ccon2)n1. The van der Waals surface area contributed by atoms with E-state index in [-0.39, 0.29) is 10.7 Å². The summed E-state index contributed by atoms with van der Waals surface area (Å²) in [6.07, 6.45) is 2.09. The monoisotopic (exact) mass is 252 g/mol. The van der Waals surface area contributed by atoms with Crippen LogP contribution in [-0.2, 0) is 6.54 Å². The van der Waals surface area contributed by atoms with Crippen molar-refractivity contribution in [2.24, 2.45) is 0 Å². The van der Waals surface area contributed by atoms with E-state index in [0.29, 0.717) is 30.2 Å². The van der Waals surface area contributed by atoms with E-state index in [1.54, 1.807) is 13.0 Å². The summed E-state index contributed by atoms with van der Waals surface area (Å²) in [6, 6.07) is 1.71. The van der Waals surface area contributed by atoms with Gasteiger partial charge in [-0.3, -0.25) is 4.79 Å². The summed E-state index contributed by atoms with van der Waals surface area (Å²) < 4.78 is 4.69. The van der Waals surface area contributed by atoms with Crippen LogP contribution in [0.25, 0.3) is 0 Å². The third kappa shape index (κ3) is 2.59. The molecule has 88 valence electrons. The van der Waals surface area contributed by atoms with Crippen molar-refractivity contribution >= 4 is 23.7 Å². The quantitative estimate of drug-likeness (QED) is 0.661. The minimum absolute atomic E-state index is 0.134. The van der Waals surface area contributed by atoms with Crippen LogP contribution in [0.15, 0.2) is 16.9 Å². The number of rotatable bonds is 4. The van der Waals surface area contributed by atoms with Crippen molar-refractivity contribution in [2.45, 2.75) is 13.5 Å². The highest BCUT2D eigenvalue weighted by atomic mass is 35.5. The molecule has 0 spiro atoms. The molecule has 2 aromatic heterocycles. The second kappa shape index (κ2) is 4.92. The standard InChI is InChI=1S/C10H9ClN4O2/c1-6-13-9(11)8(5-16)10(14-6)12-4-7-2-3-17-15-7/h2-3,5H,4H2,1H3,(H,12,13,14). The molecule has 0 aliphatic carbocycles. The second-order valence-electron chi connectivity index (χ2n) is 3.29. The van der Waals surface area contributed by atoms with Crippen molar-refractivity contribution in [3.63, 3.8) is 0 Å². The number of nitrogens with one attached hydrogen (secondary N) is 1. The molecule has 0 unspecified atom stereocenters.